The van der Waals surface area contributed by atoms with Gasteiger partial charge in [-0.1, -0.05) is 6.08 Å². The van der Waals surface area contributed by atoms with Crippen molar-refractivity contribution >= 4 is 5.91 Å². The molecule has 1 aromatic heterocycles. The number of pyridine rings is 1. The molecule has 1 amide bonds. The van der Waals surface area contributed by atoms with E-state index in [0.717, 1.165) is 4.68 Å². The number of hydrogen-bond donors (Lipinski definition) is 2. The predicted octanol–water partition coefficient (Wildman–Crippen LogP) is -0.513. The van der Waals surface area contributed by atoms with Gasteiger partial charge in [-0.2, -0.15) is 0 Å². The van der Waals surface area contributed by atoms with E-state index in [0.29, 0.717) is 0 Å². The number of ether oxygens (including phenoxy) is 1. The number of rotatable bonds is 4. The van der Waals surface area contributed by atoms with E-state index in [1.807, 2.05) is 0 Å². The number of nitrogen functional groups attached to an aromatic ring is 1. The highest BCUT2D eigenvalue weighted by atomic mass is 16.5. The van der Waals surface area contributed by atoms with Gasteiger partial charge in [-0.3, -0.25) is 14.3 Å². The monoisotopic (exact) mass is 223 g/mol. The second kappa shape index (κ2) is 5.01. The first kappa shape index (κ1) is 11.8. The summed E-state index contributed by atoms with van der Waals surface area (Å²) in [7, 11) is 1.31. The Morgan fingerprint density at radius 1 is 1.75 bits per heavy atom. The number of methoxy groups -OCH3 is 1. The third kappa shape index (κ3) is 2.22. The molecule has 86 valence electrons. The summed E-state index contributed by atoms with van der Waals surface area (Å²) in [6, 6.07) is 1.23. The Labute approximate surface area is 92.3 Å². The molecule has 0 aliphatic heterocycles. The molecular weight excluding hydrogens is 210 g/mol. The molecule has 0 bridgehead atoms. The summed E-state index contributed by atoms with van der Waals surface area (Å²) in [5, 5.41) is 2.51. The maximum Gasteiger partial charge on any atom is 0.274 e. The third-order valence-corrected chi connectivity index (χ3v) is 1.91. The molecule has 3 N–H and O–H groups in total. The van der Waals surface area contributed by atoms with E-state index in [9.17, 15) is 9.59 Å². The number of amides is 1. The molecular formula is C10H13N3O3. The van der Waals surface area contributed by atoms with Crippen molar-refractivity contribution in [2.24, 2.45) is 0 Å². The normalized spacial score (nSPS) is 9.56. The summed E-state index contributed by atoms with van der Waals surface area (Å²) >= 11 is 0. The first-order valence-electron chi connectivity index (χ1n) is 4.55. The molecule has 1 rings (SSSR count). The number of aromatic nitrogens is 1. The lowest BCUT2D eigenvalue weighted by Gasteiger charge is -2.11. The Hall–Kier alpha value is -2.24. The second-order valence-corrected chi connectivity index (χ2v) is 2.97. The molecule has 0 saturated heterocycles. The minimum Gasteiger partial charge on any atom is -0.491 e. The molecule has 6 nitrogen and oxygen atoms in total. The highest BCUT2D eigenvalue weighted by molar-refractivity contribution is 5.95. The van der Waals surface area contributed by atoms with Gasteiger partial charge in [0.05, 0.1) is 7.11 Å². The lowest BCUT2D eigenvalue weighted by atomic mass is 10.3. The number of nitrogens with one attached hydrogen (secondary N) is 1. The van der Waals surface area contributed by atoms with E-state index in [1.54, 1.807) is 0 Å². The molecule has 0 unspecified atom stereocenters. The van der Waals surface area contributed by atoms with Gasteiger partial charge in [0.2, 0.25) is 5.43 Å². The fraction of sp³-hybridized carbons (Fsp3) is 0.200. The van der Waals surface area contributed by atoms with Gasteiger partial charge in [-0.05, 0) is 0 Å². The number of nitrogens with zero attached hydrogens (tertiary/aromatic N) is 1. The van der Waals surface area contributed by atoms with Crippen LogP contribution in [-0.4, -0.2) is 24.2 Å². The molecule has 0 saturated carbocycles. The Balaban J connectivity index is 3.20. The second-order valence-electron chi connectivity index (χ2n) is 2.97. The van der Waals surface area contributed by atoms with Crippen LogP contribution in [0.2, 0.25) is 0 Å². The minimum atomic E-state index is -0.489. The van der Waals surface area contributed by atoms with E-state index < -0.39 is 11.3 Å². The molecule has 16 heavy (non-hydrogen) atoms. The van der Waals surface area contributed by atoms with Crippen LogP contribution < -0.4 is 21.3 Å². The summed E-state index contributed by atoms with van der Waals surface area (Å²) in [5.41, 5.74) is -0.412. The fourth-order valence-corrected chi connectivity index (χ4v) is 1.20. The van der Waals surface area contributed by atoms with Gasteiger partial charge in [-0.25, -0.2) is 0 Å². The maximum atomic E-state index is 11.7. The molecule has 0 spiro atoms. The Kier molecular flexibility index (Phi) is 3.71. The average molecular weight is 223 g/mol. The molecule has 1 aromatic rings. The first-order chi connectivity index (χ1) is 7.61. The molecule has 0 aliphatic rings. The highest BCUT2D eigenvalue weighted by Gasteiger charge is 2.17. The fourth-order valence-electron chi connectivity index (χ4n) is 1.20. The number of nitrogens with two attached hydrogens (primary N) is 1. The lowest BCUT2D eigenvalue weighted by Crippen LogP contribution is -2.32. The van der Waals surface area contributed by atoms with Gasteiger partial charge < -0.3 is 15.9 Å². The van der Waals surface area contributed by atoms with Gasteiger partial charge in [0.25, 0.3) is 5.91 Å². The molecule has 6 heteroatoms. The van der Waals surface area contributed by atoms with Gasteiger partial charge >= 0.3 is 0 Å². The van der Waals surface area contributed by atoms with Crippen LogP contribution in [-0.2, 0) is 0 Å². The predicted molar refractivity (Wildman–Crippen MR) is 59.9 cm³/mol. The molecule has 0 aromatic carbocycles. The van der Waals surface area contributed by atoms with Crippen LogP contribution in [0, 0.1) is 0 Å². The standard InChI is InChI=1S/C10H13N3O3/c1-3-5-12-10(15)8-9(16-2)7(14)4-6-13(8)11/h3-4,6H,1,5,11H2,2H3,(H,12,15). The van der Waals surface area contributed by atoms with Crippen LogP contribution in [0.25, 0.3) is 0 Å². The maximum absolute atomic E-state index is 11.7. The van der Waals surface area contributed by atoms with E-state index in [1.165, 1.54) is 25.4 Å². The summed E-state index contributed by atoms with van der Waals surface area (Å²) in [6.45, 7) is 3.75. The summed E-state index contributed by atoms with van der Waals surface area (Å²) < 4.78 is 5.90. The van der Waals surface area contributed by atoms with Crippen LogP contribution >= 0.6 is 0 Å². The Bertz CT molecular complexity index is 465. The van der Waals surface area contributed by atoms with Crippen molar-refractivity contribution in [1.29, 1.82) is 0 Å². The first-order valence-corrected chi connectivity index (χ1v) is 4.55. The van der Waals surface area contributed by atoms with Gasteiger partial charge in [-0.15, -0.1) is 6.58 Å². The van der Waals surface area contributed by atoms with Gasteiger partial charge in [0.15, 0.2) is 11.4 Å². The minimum absolute atomic E-state index is 0.0168. The summed E-state index contributed by atoms with van der Waals surface area (Å²) in [6.07, 6.45) is 2.82. The average Bonchev–Trinajstić information content (AvgIpc) is 2.28. The largest absolute Gasteiger partial charge is 0.491 e. The van der Waals surface area contributed by atoms with E-state index in [2.05, 4.69) is 11.9 Å². The van der Waals surface area contributed by atoms with Crippen molar-refractivity contribution in [3.8, 4) is 5.75 Å². The molecule has 0 fully saturated rings. The molecule has 0 radical (unpaired) electrons. The van der Waals surface area contributed by atoms with Crippen molar-refractivity contribution < 1.29 is 9.53 Å². The zero-order chi connectivity index (χ0) is 12.1. The van der Waals surface area contributed by atoms with Crippen LogP contribution in [0.1, 0.15) is 10.5 Å². The topological polar surface area (TPSA) is 86.3 Å². The van der Waals surface area contributed by atoms with Crippen LogP contribution in [0.4, 0.5) is 0 Å². The number of hydrogen-bond acceptors (Lipinski definition) is 4. The van der Waals surface area contributed by atoms with E-state index in [4.69, 9.17) is 10.6 Å². The van der Waals surface area contributed by atoms with Gasteiger partial charge in [0.1, 0.15) is 0 Å². The smallest absolute Gasteiger partial charge is 0.274 e. The highest BCUT2D eigenvalue weighted by Crippen LogP contribution is 2.10. The number of carbonyl (C=O) groups is 1. The zero-order valence-electron chi connectivity index (χ0n) is 8.90. The number of carbonyl (C=O) groups excluding carboxylic acids is 1. The Morgan fingerprint density at radius 2 is 2.44 bits per heavy atom. The zero-order valence-corrected chi connectivity index (χ0v) is 8.90. The SMILES string of the molecule is C=CCNC(=O)c1c(OC)c(=O)ccn1N. The quantitative estimate of drug-likeness (QED) is 0.531. The molecule has 1 heterocycles. The van der Waals surface area contributed by atoms with Crippen LogP contribution in [0.5, 0.6) is 5.75 Å². The molecule has 0 aliphatic carbocycles. The van der Waals surface area contributed by atoms with Crippen LogP contribution in [0.3, 0.4) is 0 Å². The van der Waals surface area contributed by atoms with E-state index >= 15 is 0 Å². The van der Waals surface area contributed by atoms with Gasteiger partial charge in [0, 0.05) is 18.8 Å². The van der Waals surface area contributed by atoms with Crippen molar-refractivity contribution in [2.75, 3.05) is 19.5 Å². The van der Waals surface area contributed by atoms with Crippen molar-refractivity contribution in [3.63, 3.8) is 0 Å². The van der Waals surface area contributed by atoms with E-state index in [-0.39, 0.29) is 18.0 Å². The third-order valence-electron chi connectivity index (χ3n) is 1.91. The summed E-state index contributed by atoms with van der Waals surface area (Å²) in [4.78, 5) is 23.1. The molecule has 0 atom stereocenters. The van der Waals surface area contributed by atoms with Crippen molar-refractivity contribution in [2.45, 2.75) is 0 Å². The van der Waals surface area contributed by atoms with Crippen molar-refractivity contribution in [3.05, 3.63) is 40.8 Å². The Morgan fingerprint density at radius 3 is 3.00 bits per heavy atom. The lowest BCUT2D eigenvalue weighted by molar-refractivity contribution is 0.0946. The summed E-state index contributed by atoms with van der Waals surface area (Å²) in [5.74, 6) is 4.98. The van der Waals surface area contributed by atoms with Crippen LogP contribution in [0.15, 0.2) is 29.7 Å². The van der Waals surface area contributed by atoms with Crippen molar-refractivity contribution in [1.82, 2.24) is 9.99 Å².